The van der Waals surface area contributed by atoms with Crippen molar-refractivity contribution in [3.05, 3.63) is 47.0 Å². The Morgan fingerprint density at radius 3 is 2.72 bits per heavy atom. The number of hydrogen-bond acceptors (Lipinski definition) is 7. The van der Waals surface area contributed by atoms with Crippen LogP contribution < -0.4 is 49.2 Å². The van der Waals surface area contributed by atoms with E-state index in [9.17, 15) is 9.90 Å². The summed E-state index contributed by atoms with van der Waals surface area (Å²) in [5.74, 6) is 1.71. The minimum Gasteiger partial charge on any atom is -1.00 e. The number of aromatic nitrogens is 2. The van der Waals surface area contributed by atoms with Crippen molar-refractivity contribution in [3.8, 4) is 11.5 Å². The fraction of sp³-hybridized carbons (Fsp3) is 0.318. The SMILES string of the molecule is O=C(O)C1CCN(c2nc(NCc3ccc4c(c3)OCO4)c3cc(Cl)ccc3n2)CC1.[H-].[Na+]. The topological polar surface area (TPSA) is 96.8 Å². The molecule has 0 bridgehead atoms. The first-order chi connectivity index (χ1) is 15.1. The number of benzene rings is 2. The molecule has 1 saturated heterocycles. The molecule has 2 aliphatic rings. The van der Waals surface area contributed by atoms with Crippen LogP contribution in [-0.4, -0.2) is 40.9 Å². The smallest absolute Gasteiger partial charge is 1.00 e. The third-order valence-corrected chi connectivity index (χ3v) is 5.91. The van der Waals surface area contributed by atoms with Crippen LogP contribution in [0.15, 0.2) is 36.4 Å². The summed E-state index contributed by atoms with van der Waals surface area (Å²) in [6, 6.07) is 11.3. The summed E-state index contributed by atoms with van der Waals surface area (Å²) >= 11 is 6.23. The van der Waals surface area contributed by atoms with E-state index in [2.05, 4.69) is 5.32 Å². The van der Waals surface area contributed by atoms with Gasteiger partial charge in [-0.15, -0.1) is 0 Å². The quantitative estimate of drug-likeness (QED) is 0.541. The van der Waals surface area contributed by atoms with Gasteiger partial charge in [0.1, 0.15) is 5.82 Å². The molecule has 2 aromatic carbocycles. The van der Waals surface area contributed by atoms with Crippen molar-refractivity contribution < 1.29 is 50.4 Å². The van der Waals surface area contributed by atoms with Gasteiger partial charge < -0.3 is 26.2 Å². The Morgan fingerprint density at radius 2 is 1.94 bits per heavy atom. The van der Waals surface area contributed by atoms with E-state index in [1.165, 1.54) is 0 Å². The van der Waals surface area contributed by atoms with Gasteiger partial charge in [-0.05, 0) is 48.7 Å². The van der Waals surface area contributed by atoms with Gasteiger partial charge in [0.25, 0.3) is 0 Å². The molecule has 0 aliphatic carbocycles. The van der Waals surface area contributed by atoms with Crippen LogP contribution in [0.4, 0.5) is 11.8 Å². The van der Waals surface area contributed by atoms with E-state index in [0.717, 1.165) is 28.0 Å². The minimum atomic E-state index is -0.736. The number of nitrogens with one attached hydrogen (secondary N) is 1. The summed E-state index contributed by atoms with van der Waals surface area (Å²) in [5.41, 5.74) is 1.81. The number of aliphatic carboxylic acids is 1. The molecule has 0 radical (unpaired) electrons. The van der Waals surface area contributed by atoms with Crippen molar-refractivity contribution in [2.75, 3.05) is 30.1 Å². The van der Waals surface area contributed by atoms with Crippen LogP contribution in [0.25, 0.3) is 10.9 Å². The van der Waals surface area contributed by atoms with Gasteiger partial charge in [0.2, 0.25) is 12.7 Å². The third kappa shape index (κ3) is 4.73. The molecule has 5 rings (SSSR count). The average Bonchev–Trinajstić information content (AvgIpc) is 3.25. The molecular formula is C22H22ClN4NaO4. The zero-order chi connectivity index (χ0) is 21.4. The Labute approximate surface area is 213 Å². The fourth-order valence-corrected chi connectivity index (χ4v) is 4.10. The molecule has 162 valence electrons. The van der Waals surface area contributed by atoms with Gasteiger partial charge in [-0.25, -0.2) is 4.98 Å². The van der Waals surface area contributed by atoms with Crippen molar-refractivity contribution in [3.63, 3.8) is 0 Å². The first-order valence-corrected chi connectivity index (χ1v) is 10.5. The van der Waals surface area contributed by atoms with E-state index in [4.69, 9.17) is 31.0 Å². The molecule has 0 saturated carbocycles. The largest absolute Gasteiger partial charge is 1.00 e. The van der Waals surface area contributed by atoms with E-state index in [0.29, 0.717) is 49.3 Å². The van der Waals surface area contributed by atoms with Gasteiger partial charge in [0.05, 0.1) is 11.4 Å². The monoisotopic (exact) mass is 464 g/mol. The average molecular weight is 465 g/mol. The molecule has 3 heterocycles. The molecule has 32 heavy (non-hydrogen) atoms. The number of ether oxygens (including phenoxy) is 2. The third-order valence-electron chi connectivity index (χ3n) is 5.67. The Bertz CT molecular complexity index is 1160. The molecular weight excluding hydrogens is 443 g/mol. The van der Waals surface area contributed by atoms with E-state index in [1.54, 1.807) is 6.07 Å². The number of carbonyl (C=O) groups is 1. The molecule has 2 N–H and O–H groups in total. The molecule has 0 amide bonds. The number of anilines is 2. The summed E-state index contributed by atoms with van der Waals surface area (Å²) in [7, 11) is 0. The van der Waals surface area contributed by atoms with E-state index >= 15 is 0 Å². The fourth-order valence-electron chi connectivity index (χ4n) is 3.93. The predicted octanol–water partition coefficient (Wildman–Crippen LogP) is 1.04. The van der Waals surface area contributed by atoms with Crippen molar-refractivity contribution >= 4 is 40.2 Å². The maximum Gasteiger partial charge on any atom is 1.00 e. The maximum absolute atomic E-state index is 11.3. The summed E-state index contributed by atoms with van der Waals surface area (Å²) in [6.45, 7) is 1.99. The number of rotatable bonds is 5. The Balaban J connectivity index is 0.00000153. The van der Waals surface area contributed by atoms with Crippen molar-refractivity contribution in [1.29, 1.82) is 0 Å². The first-order valence-electron chi connectivity index (χ1n) is 10.1. The number of nitrogens with zero attached hydrogens (tertiary/aromatic N) is 3. The second kappa shape index (κ2) is 9.70. The number of hydrogen-bond donors (Lipinski definition) is 2. The van der Waals surface area contributed by atoms with Crippen LogP contribution in [0, 0.1) is 5.92 Å². The molecule has 0 atom stereocenters. The minimum absolute atomic E-state index is 0. The van der Waals surface area contributed by atoms with E-state index in [-0.39, 0.29) is 43.7 Å². The van der Waals surface area contributed by atoms with Gasteiger partial charge in [-0.1, -0.05) is 17.7 Å². The number of carboxylic acids is 1. The normalized spacial score (nSPS) is 15.5. The van der Waals surface area contributed by atoms with Gasteiger partial charge in [0.15, 0.2) is 11.5 Å². The summed E-state index contributed by atoms with van der Waals surface area (Å²) in [6.07, 6.45) is 1.16. The number of carboxylic acid groups (broad SMARTS) is 1. The van der Waals surface area contributed by atoms with E-state index < -0.39 is 5.97 Å². The zero-order valence-electron chi connectivity index (χ0n) is 18.7. The Kier molecular flexibility index (Phi) is 6.95. The van der Waals surface area contributed by atoms with Crippen LogP contribution >= 0.6 is 11.6 Å². The zero-order valence-corrected chi connectivity index (χ0v) is 20.4. The Morgan fingerprint density at radius 1 is 1.16 bits per heavy atom. The van der Waals surface area contributed by atoms with Gasteiger partial charge in [-0.3, -0.25) is 4.79 Å². The molecule has 8 nitrogen and oxygen atoms in total. The first kappa shape index (κ1) is 22.9. The second-order valence-corrected chi connectivity index (χ2v) is 8.11. The summed E-state index contributed by atoms with van der Waals surface area (Å²) < 4.78 is 10.8. The molecule has 3 aromatic rings. The van der Waals surface area contributed by atoms with Gasteiger partial charge in [0, 0.05) is 30.0 Å². The number of fused-ring (bicyclic) bond motifs is 2. The van der Waals surface area contributed by atoms with Crippen LogP contribution in [0.1, 0.15) is 19.8 Å². The number of piperidine rings is 1. The van der Waals surface area contributed by atoms with Gasteiger partial charge in [-0.2, -0.15) is 4.98 Å². The number of halogens is 1. The van der Waals surface area contributed by atoms with Crippen LogP contribution in [0.3, 0.4) is 0 Å². The standard InChI is InChI=1S/C22H21ClN4O4.Na.H/c23-15-2-3-17-16(10-15)20(24-11-13-1-4-18-19(9-13)31-12-30-18)26-22(25-17)27-7-5-14(6-8-27)21(28)29;;/h1-4,9-10,14H,5-8,11-12H2,(H,28,29)(H,24,25,26);;/q;+1;-1. The second-order valence-electron chi connectivity index (χ2n) is 7.67. The maximum atomic E-state index is 11.3. The molecule has 0 unspecified atom stereocenters. The molecule has 1 aromatic heterocycles. The van der Waals surface area contributed by atoms with Crippen LogP contribution in [-0.2, 0) is 11.3 Å². The van der Waals surface area contributed by atoms with Crippen molar-refractivity contribution in [1.82, 2.24) is 9.97 Å². The van der Waals surface area contributed by atoms with Gasteiger partial charge >= 0.3 is 35.5 Å². The van der Waals surface area contributed by atoms with Crippen LogP contribution in [0.5, 0.6) is 11.5 Å². The van der Waals surface area contributed by atoms with Crippen molar-refractivity contribution in [2.45, 2.75) is 19.4 Å². The van der Waals surface area contributed by atoms with Crippen LogP contribution in [0.2, 0.25) is 5.02 Å². The molecule has 0 spiro atoms. The summed E-state index contributed by atoms with van der Waals surface area (Å²) in [5, 5.41) is 14.1. The predicted molar refractivity (Wildman–Crippen MR) is 118 cm³/mol. The molecule has 1 fully saturated rings. The molecule has 2 aliphatic heterocycles. The molecule has 10 heteroatoms. The Hall–Kier alpha value is -2.26. The van der Waals surface area contributed by atoms with Crippen molar-refractivity contribution in [2.24, 2.45) is 5.92 Å². The summed E-state index contributed by atoms with van der Waals surface area (Å²) in [4.78, 5) is 22.8. The van der Waals surface area contributed by atoms with E-state index in [1.807, 2.05) is 35.2 Å².